The van der Waals surface area contributed by atoms with Gasteiger partial charge in [-0.3, -0.25) is 4.79 Å². The van der Waals surface area contributed by atoms with Gasteiger partial charge < -0.3 is 10.1 Å². The number of ether oxygens (including phenoxy) is 1. The van der Waals surface area contributed by atoms with Crippen molar-refractivity contribution < 1.29 is 9.53 Å². The third-order valence-electron chi connectivity index (χ3n) is 4.61. The number of rotatable bonds is 4. The van der Waals surface area contributed by atoms with Gasteiger partial charge in [-0.1, -0.05) is 36.9 Å². The maximum atomic E-state index is 12.7. The van der Waals surface area contributed by atoms with Gasteiger partial charge >= 0.3 is 0 Å². The quantitative estimate of drug-likeness (QED) is 0.848. The van der Waals surface area contributed by atoms with Gasteiger partial charge in [0, 0.05) is 12.1 Å². The fourth-order valence-corrected chi connectivity index (χ4v) is 4.03. The minimum atomic E-state index is -0.240. The van der Waals surface area contributed by atoms with E-state index in [0.717, 1.165) is 34.3 Å². The number of ketones is 1. The van der Waals surface area contributed by atoms with Crippen LogP contribution in [-0.2, 0) is 4.79 Å². The minimum absolute atomic E-state index is 0.181. The molecule has 1 aromatic carbocycles. The van der Waals surface area contributed by atoms with E-state index in [2.05, 4.69) is 28.4 Å². The first kappa shape index (κ1) is 16.2. The number of methoxy groups -OCH3 is 1. The number of anilines is 1. The van der Waals surface area contributed by atoms with Crippen LogP contribution in [0.2, 0.25) is 0 Å². The van der Waals surface area contributed by atoms with Crippen LogP contribution < -0.4 is 10.1 Å². The average molecular weight is 356 g/mol. The van der Waals surface area contributed by atoms with Crippen molar-refractivity contribution in [3.8, 4) is 5.75 Å². The monoisotopic (exact) mass is 356 g/mol. The molecule has 0 radical (unpaired) electrons. The van der Waals surface area contributed by atoms with Crippen molar-refractivity contribution in [2.24, 2.45) is 5.92 Å². The van der Waals surface area contributed by atoms with Crippen LogP contribution in [0.5, 0.6) is 5.75 Å². The number of carbonyl (C=O) groups is 1. The minimum Gasteiger partial charge on any atom is -0.497 e. The second-order valence-electron chi connectivity index (χ2n) is 6.08. The first-order valence-corrected chi connectivity index (χ1v) is 9.43. The number of benzene rings is 1. The lowest BCUT2D eigenvalue weighted by Gasteiger charge is -2.36. The van der Waals surface area contributed by atoms with E-state index in [-0.39, 0.29) is 17.7 Å². The van der Waals surface area contributed by atoms with Gasteiger partial charge in [-0.2, -0.15) is 4.98 Å². The van der Waals surface area contributed by atoms with E-state index in [0.29, 0.717) is 12.4 Å². The van der Waals surface area contributed by atoms with E-state index < -0.39 is 0 Å². The molecule has 0 spiro atoms. The predicted octanol–water partition coefficient (Wildman–Crippen LogP) is 3.28. The first-order valence-electron chi connectivity index (χ1n) is 8.44. The van der Waals surface area contributed by atoms with Gasteiger partial charge in [0.1, 0.15) is 11.5 Å². The highest BCUT2D eigenvalue weighted by Crippen LogP contribution is 2.42. The van der Waals surface area contributed by atoms with Gasteiger partial charge in [0.25, 0.3) is 0 Å². The first-order chi connectivity index (χ1) is 12.2. The van der Waals surface area contributed by atoms with Gasteiger partial charge in [0.05, 0.1) is 19.1 Å². The molecule has 130 valence electrons. The summed E-state index contributed by atoms with van der Waals surface area (Å²) >= 11 is 1.60. The van der Waals surface area contributed by atoms with Crippen LogP contribution >= 0.6 is 11.8 Å². The number of thioether (sulfide) groups is 1. The molecule has 0 amide bonds. The second-order valence-corrected chi connectivity index (χ2v) is 7.31. The van der Waals surface area contributed by atoms with Crippen molar-refractivity contribution in [1.82, 2.24) is 14.8 Å². The normalized spacial score (nSPS) is 21.8. The fourth-order valence-electron chi connectivity index (χ4n) is 3.48. The zero-order valence-electron chi connectivity index (χ0n) is 14.2. The Morgan fingerprint density at radius 3 is 2.88 bits per heavy atom. The summed E-state index contributed by atoms with van der Waals surface area (Å²) in [5, 5.41) is 8.72. The standard InChI is InChI=1S/C18H20N4O2S/c1-3-25-18-20-17-19-13-5-4-6-14(23)15(13)16(22(17)21-18)11-7-9-12(24-2)10-8-11/h5,7-10,15-16H,3-4,6H2,1-2H3,(H,19,20,21)/t15-,16-/m0/s1. The topological polar surface area (TPSA) is 69.0 Å². The van der Waals surface area contributed by atoms with E-state index in [1.54, 1.807) is 18.9 Å². The number of nitrogens with one attached hydrogen (secondary N) is 1. The highest BCUT2D eigenvalue weighted by atomic mass is 32.2. The summed E-state index contributed by atoms with van der Waals surface area (Å²) in [5.74, 6) is 2.41. The summed E-state index contributed by atoms with van der Waals surface area (Å²) < 4.78 is 7.13. The average Bonchev–Trinajstić information content (AvgIpc) is 3.02. The molecule has 1 aliphatic heterocycles. The number of allylic oxidation sites excluding steroid dienone is 2. The molecule has 0 unspecified atom stereocenters. The van der Waals surface area contributed by atoms with Gasteiger partial charge in [-0.05, 0) is 29.9 Å². The van der Waals surface area contributed by atoms with E-state index in [1.165, 1.54) is 0 Å². The lowest BCUT2D eigenvalue weighted by Crippen LogP contribution is -2.38. The molecule has 0 bridgehead atoms. The largest absolute Gasteiger partial charge is 0.497 e. The Morgan fingerprint density at radius 1 is 1.36 bits per heavy atom. The number of fused-ring (bicyclic) bond motifs is 2. The smallest absolute Gasteiger partial charge is 0.227 e. The molecule has 7 heteroatoms. The third kappa shape index (κ3) is 2.82. The zero-order valence-corrected chi connectivity index (χ0v) is 15.0. The zero-order chi connectivity index (χ0) is 17.4. The molecule has 1 N–H and O–H groups in total. The molecule has 0 saturated heterocycles. The van der Waals surface area contributed by atoms with Crippen molar-refractivity contribution in [2.75, 3.05) is 18.2 Å². The molecule has 0 fully saturated rings. The van der Waals surface area contributed by atoms with Crippen LogP contribution in [0.4, 0.5) is 5.95 Å². The summed E-state index contributed by atoms with van der Waals surface area (Å²) in [6.07, 6.45) is 3.47. The van der Waals surface area contributed by atoms with Crippen molar-refractivity contribution >= 4 is 23.5 Å². The molecule has 1 aromatic heterocycles. The van der Waals surface area contributed by atoms with Crippen LogP contribution in [0.25, 0.3) is 0 Å². The predicted molar refractivity (Wildman–Crippen MR) is 97.0 cm³/mol. The van der Waals surface area contributed by atoms with Crippen LogP contribution in [0.3, 0.4) is 0 Å². The highest BCUT2D eigenvalue weighted by Gasteiger charge is 2.41. The molecule has 2 aliphatic rings. The fraction of sp³-hybridized carbons (Fsp3) is 0.389. The van der Waals surface area contributed by atoms with Crippen molar-refractivity contribution in [3.05, 3.63) is 41.6 Å². The molecule has 6 nitrogen and oxygen atoms in total. The second kappa shape index (κ2) is 6.55. The van der Waals surface area contributed by atoms with Gasteiger partial charge in [0.15, 0.2) is 0 Å². The van der Waals surface area contributed by atoms with Gasteiger partial charge in [0.2, 0.25) is 11.1 Å². The molecular formula is C18H20N4O2S. The highest BCUT2D eigenvalue weighted by molar-refractivity contribution is 7.99. The van der Waals surface area contributed by atoms with Crippen molar-refractivity contribution in [3.63, 3.8) is 0 Å². The lowest BCUT2D eigenvalue weighted by molar-refractivity contribution is -0.123. The van der Waals surface area contributed by atoms with E-state index in [4.69, 9.17) is 4.74 Å². The number of carbonyl (C=O) groups excluding carboxylic acids is 1. The Balaban J connectivity index is 1.83. The summed E-state index contributed by atoms with van der Waals surface area (Å²) in [6, 6.07) is 7.68. The van der Waals surface area contributed by atoms with Crippen molar-refractivity contribution in [2.45, 2.75) is 31.0 Å². The molecule has 2 aromatic rings. The van der Waals surface area contributed by atoms with Crippen LogP contribution in [0.1, 0.15) is 31.4 Å². The van der Waals surface area contributed by atoms with Gasteiger partial charge in [-0.25, -0.2) is 4.68 Å². The van der Waals surface area contributed by atoms with Gasteiger partial charge in [-0.15, -0.1) is 5.10 Å². The molecular weight excluding hydrogens is 336 g/mol. The van der Waals surface area contributed by atoms with E-state index >= 15 is 0 Å². The van der Waals surface area contributed by atoms with Crippen LogP contribution in [0.15, 0.2) is 41.2 Å². The molecule has 0 saturated carbocycles. The maximum Gasteiger partial charge on any atom is 0.227 e. The van der Waals surface area contributed by atoms with E-state index in [1.807, 2.05) is 28.9 Å². The summed E-state index contributed by atoms with van der Waals surface area (Å²) in [4.78, 5) is 17.3. The summed E-state index contributed by atoms with van der Waals surface area (Å²) in [6.45, 7) is 2.07. The molecule has 4 rings (SSSR count). The molecule has 1 aliphatic carbocycles. The van der Waals surface area contributed by atoms with Crippen molar-refractivity contribution in [1.29, 1.82) is 0 Å². The number of Topliss-reactive ketones (excluding diaryl/α,β-unsaturated/α-hetero) is 1. The Morgan fingerprint density at radius 2 is 2.16 bits per heavy atom. The number of hydrogen-bond acceptors (Lipinski definition) is 6. The van der Waals surface area contributed by atoms with Crippen LogP contribution in [0, 0.1) is 5.92 Å². The number of hydrogen-bond donors (Lipinski definition) is 1. The summed E-state index contributed by atoms with van der Waals surface area (Å²) in [7, 11) is 1.65. The third-order valence-corrected chi connectivity index (χ3v) is 5.33. The Labute approximate surface area is 150 Å². The Kier molecular flexibility index (Phi) is 4.25. The molecule has 2 heterocycles. The number of nitrogens with zero attached hydrogens (tertiary/aromatic N) is 3. The Hall–Kier alpha value is -2.28. The Bertz CT molecular complexity index is 828. The SMILES string of the molecule is CCSc1nc2n(n1)[C@@H](c1ccc(OC)cc1)[C@@H]1C(=O)CCC=C1N2. The van der Waals surface area contributed by atoms with E-state index in [9.17, 15) is 4.79 Å². The van der Waals surface area contributed by atoms with Crippen LogP contribution in [-0.4, -0.2) is 33.4 Å². The molecule has 2 atom stereocenters. The number of aromatic nitrogens is 3. The summed E-state index contributed by atoms with van der Waals surface area (Å²) in [5.41, 5.74) is 1.98. The maximum absolute atomic E-state index is 12.7. The lowest BCUT2D eigenvalue weighted by atomic mass is 9.81. The molecule has 25 heavy (non-hydrogen) atoms.